The van der Waals surface area contributed by atoms with Crippen molar-refractivity contribution >= 4 is 29.2 Å². The minimum absolute atomic E-state index is 0.345. The van der Waals surface area contributed by atoms with Crippen LogP contribution in [-0.4, -0.2) is 25.7 Å². The molecule has 84 valence electrons. The predicted octanol–water partition coefficient (Wildman–Crippen LogP) is 2.01. The Morgan fingerprint density at radius 2 is 2.25 bits per heavy atom. The molecule has 0 aliphatic heterocycles. The Balaban J connectivity index is 2.37. The van der Waals surface area contributed by atoms with Crippen molar-refractivity contribution in [1.29, 1.82) is 0 Å². The largest absolute Gasteiger partial charge is 0.383 e. The minimum atomic E-state index is 0.345. The third-order valence-electron chi connectivity index (χ3n) is 1.91. The van der Waals surface area contributed by atoms with Crippen LogP contribution in [0.3, 0.4) is 0 Å². The van der Waals surface area contributed by atoms with Gasteiger partial charge in [-0.3, -0.25) is 0 Å². The molecule has 2 heterocycles. The van der Waals surface area contributed by atoms with Gasteiger partial charge in [0.25, 0.3) is 0 Å². The van der Waals surface area contributed by atoms with Crippen LogP contribution in [0.1, 0.15) is 6.92 Å². The lowest BCUT2D eigenvalue weighted by molar-refractivity contribution is 0.822. The molecule has 0 aromatic carbocycles. The van der Waals surface area contributed by atoms with Crippen molar-refractivity contribution in [3.8, 4) is 5.82 Å². The van der Waals surface area contributed by atoms with E-state index in [1.807, 2.05) is 0 Å². The molecule has 2 rings (SSSR count). The minimum Gasteiger partial charge on any atom is -0.383 e. The molecule has 5 nitrogen and oxygen atoms in total. The predicted molar refractivity (Wildman–Crippen MR) is 65.0 cm³/mol. The summed E-state index contributed by atoms with van der Waals surface area (Å²) >= 11 is 7.29. The van der Waals surface area contributed by atoms with Crippen LogP contribution in [0.5, 0.6) is 0 Å². The summed E-state index contributed by atoms with van der Waals surface area (Å²) in [5.74, 6) is 2.08. The van der Waals surface area contributed by atoms with Crippen LogP contribution in [0.2, 0.25) is 5.15 Å². The van der Waals surface area contributed by atoms with Gasteiger partial charge in [-0.1, -0.05) is 18.5 Å². The smallest absolute Gasteiger partial charge is 0.178 e. The Bertz CT molecular complexity index is 481. The van der Waals surface area contributed by atoms with Crippen molar-refractivity contribution in [2.24, 2.45) is 0 Å². The molecule has 0 radical (unpaired) electrons. The molecule has 0 spiro atoms. The Hall–Kier alpha value is -1.27. The highest BCUT2D eigenvalue weighted by Crippen LogP contribution is 2.25. The number of hydrogen-bond donors (Lipinski definition) is 1. The van der Waals surface area contributed by atoms with Crippen molar-refractivity contribution in [3.05, 3.63) is 23.5 Å². The molecule has 0 amide bonds. The Labute approximate surface area is 102 Å². The van der Waals surface area contributed by atoms with Crippen molar-refractivity contribution < 1.29 is 0 Å². The fourth-order valence-corrected chi connectivity index (χ4v) is 1.98. The highest BCUT2D eigenvalue weighted by molar-refractivity contribution is 7.99. The van der Waals surface area contributed by atoms with E-state index in [0.717, 1.165) is 10.6 Å². The van der Waals surface area contributed by atoms with E-state index in [0.29, 0.717) is 16.8 Å². The molecular formula is C9H10ClN5S. The first kappa shape index (κ1) is 11.2. The van der Waals surface area contributed by atoms with E-state index >= 15 is 0 Å². The molecule has 0 atom stereocenters. The molecule has 0 aliphatic carbocycles. The quantitative estimate of drug-likeness (QED) is 0.850. The molecule has 2 aromatic rings. The molecule has 0 fully saturated rings. The Morgan fingerprint density at radius 1 is 1.44 bits per heavy atom. The molecule has 7 heteroatoms. The monoisotopic (exact) mass is 255 g/mol. The zero-order valence-electron chi connectivity index (χ0n) is 8.59. The third-order valence-corrected chi connectivity index (χ3v) is 3.02. The van der Waals surface area contributed by atoms with Crippen molar-refractivity contribution in [2.45, 2.75) is 11.8 Å². The van der Waals surface area contributed by atoms with Gasteiger partial charge in [0.1, 0.15) is 5.82 Å². The first-order valence-corrected chi connectivity index (χ1v) is 6.04. The summed E-state index contributed by atoms with van der Waals surface area (Å²) in [6.07, 6.45) is 1.72. The molecule has 0 bridgehead atoms. The zero-order chi connectivity index (χ0) is 11.5. The van der Waals surface area contributed by atoms with Crippen molar-refractivity contribution in [2.75, 3.05) is 11.5 Å². The maximum Gasteiger partial charge on any atom is 0.178 e. The van der Waals surface area contributed by atoms with Gasteiger partial charge in [0.2, 0.25) is 0 Å². The molecule has 0 unspecified atom stereocenters. The normalized spacial score (nSPS) is 10.6. The fourth-order valence-electron chi connectivity index (χ4n) is 1.21. The second-order valence-corrected chi connectivity index (χ2v) is 4.65. The van der Waals surface area contributed by atoms with E-state index < -0.39 is 0 Å². The number of aromatic nitrogens is 4. The van der Waals surface area contributed by atoms with Gasteiger partial charge in [0.05, 0.1) is 11.1 Å². The molecular weight excluding hydrogens is 246 g/mol. The first-order chi connectivity index (χ1) is 7.72. The Kier molecular flexibility index (Phi) is 3.31. The van der Waals surface area contributed by atoms with Gasteiger partial charge >= 0.3 is 0 Å². The van der Waals surface area contributed by atoms with E-state index in [9.17, 15) is 0 Å². The molecule has 0 saturated heterocycles. The van der Waals surface area contributed by atoms with E-state index in [4.69, 9.17) is 17.3 Å². The number of nitrogens with zero attached hydrogens (tertiary/aromatic N) is 4. The van der Waals surface area contributed by atoms with Crippen LogP contribution < -0.4 is 5.73 Å². The zero-order valence-corrected chi connectivity index (χ0v) is 10.2. The fraction of sp³-hybridized carbons (Fsp3) is 0.222. The maximum atomic E-state index is 5.94. The van der Waals surface area contributed by atoms with Gasteiger partial charge in [-0.25, -0.2) is 0 Å². The number of nitrogen functional groups attached to an aromatic ring is 1. The topological polar surface area (TPSA) is 69.6 Å². The van der Waals surface area contributed by atoms with Crippen molar-refractivity contribution in [3.63, 3.8) is 0 Å². The number of halogens is 1. The highest BCUT2D eigenvalue weighted by atomic mass is 35.5. The summed E-state index contributed by atoms with van der Waals surface area (Å²) in [6, 6.07) is 3.37. The third kappa shape index (κ3) is 2.12. The number of thioether (sulfide) groups is 1. The lowest BCUT2D eigenvalue weighted by Crippen LogP contribution is -2.05. The van der Waals surface area contributed by atoms with E-state index in [1.54, 1.807) is 34.8 Å². The summed E-state index contributed by atoms with van der Waals surface area (Å²) in [5.41, 5.74) is 5.94. The van der Waals surface area contributed by atoms with Crippen LogP contribution in [0.15, 0.2) is 23.2 Å². The summed E-state index contributed by atoms with van der Waals surface area (Å²) in [6.45, 7) is 2.06. The van der Waals surface area contributed by atoms with Gasteiger partial charge in [-0.15, -0.1) is 22.0 Å². The second-order valence-electron chi connectivity index (χ2n) is 2.95. The van der Waals surface area contributed by atoms with Crippen LogP contribution >= 0.6 is 23.4 Å². The van der Waals surface area contributed by atoms with Gasteiger partial charge in [0, 0.05) is 0 Å². The molecule has 16 heavy (non-hydrogen) atoms. The number of nitrogens with two attached hydrogens (primary N) is 1. The summed E-state index contributed by atoms with van der Waals surface area (Å²) in [4.78, 5) is 0.944. The molecule has 0 aliphatic rings. The van der Waals surface area contributed by atoms with E-state index in [2.05, 4.69) is 22.2 Å². The molecule has 2 aromatic heterocycles. The summed E-state index contributed by atoms with van der Waals surface area (Å²) in [7, 11) is 0. The number of rotatable bonds is 3. The van der Waals surface area contributed by atoms with Crippen LogP contribution in [0, 0.1) is 0 Å². The highest BCUT2D eigenvalue weighted by Gasteiger charge is 2.09. The van der Waals surface area contributed by atoms with E-state index in [1.165, 1.54) is 0 Å². The van der Waals surface area contributed by atoms with Gasteiger partial charge < -0.3 is 5.73 Å². The van der Waals surface area contributed by atoms with Gasteiger partial charge in [-0.05, 0) is 17.9 Å². The average Bonchev–Trinajstić information content (AvgIpc) is 2.63. The second kappa shape index (κ2) is 4.71. The molecule has 2 N–H and O–H groups in total. The Morgan fingerprint density at radius 3 is 2.88 bits per heavy atom. The van der Waals surface area contributed by atoms with Gasteiger partial charge in [0.15, 0.2) is 11.0 Å². The van der Waals surface area contributed by atoms with Crippen molar-refractivity contribution in [1.82, 2.24) is 20.0 Å². The van der Waals surface area contributed by atoms with Crippen LogP contribution in [0.25, 0.3) is 5.82 Å². The summed E-state index contributed by atoms with van der Waals surface area (Å²) in [5, 5.41) is 12.2. The van der Waals surface area contributed by atoms with Crippen LogP contribution in [0.4, 0.5) is 5.82 Å². The molecule has 0 saturated carbocycles. The number of hydrogen-bond acceptors (Lipinski definition) is 5. The van der Waals surface area contributed by atoms with E-state index in [-0.39, 0.29) is 0 Å². The lowest BCUT2D eigenvalue weighted by atomic mass is 10.5. The SMILES string of the molecule is CCSc1cnn(-c2ccc(Cl)nn2)c1N. The lowest BCUT2D eigenvalue weighted by Gasteiger charge is -2.02. The number of anilines is 1. The average molecular weight is 256 g/mol. The first-order valence-electron chi connectivity index (χ1n) is 4.68. The van der Waals surface area contributed by atoms with Crippen LogP contribution in [-0.2, 0) is 0 Å². The van der Waals surface area contributed by atoms with Gasteiger partial charge in [-0.2, -0.15) is 9.78 Å². The maximum absolute atomic E-state index is 5.94. The summed E-state index contributed by atoms with van der Waals surface area (Å²) < 4.78 is 1.54. The standard InChI is InChI=1S/C9H10ClN5S/c1-2-16-6-5-12-15(9(6)11)8-4-3-7(10)13-14-8/h3-5H,2,11H2,1H3.